The number of hydrogen-bond donors (Lipinski definition) is 1. The fourth-order valence-electron chi connectivity index (χ4n) is 4.29. The van der Waals surface area contributed by atoms with Gasteiger partial charge in [-0.05, 0) is 66.8 Å². The fraction of sp³-hybridized carbons (Fsp3) is 0.345. The first-order valence-electron chi connectivity index (χ1n) is 12.0. The second-order valence-corrected chi connectivity index (χ2v) is 9.87. The molecule has 6 nitrogen and oxygen atoms in total. The Labute approximate surface area is 207 Å². The van der Waals surface area contributed by atoms with Crippen LogP contribution in [0.5, 0.6) is 0 Å². The van der Waals surface area contributed by atoms with Crippen LogP contribution in [0.25, 0.3) is 16.7 Å². The average molecular weight is 472 g/mol. The minimum Gasteiger partial charge on any atom is -0.478 e. The molecule has 182 valence electrons. The molecular formula is C29H33N3O3. The number of ether oxygens (including phenoxy) is 1. The van der Waals surface area contributed by atoms with E-state index < -0.39 is 11.5 Å². The van der Waals surface area contributed by atoms with E-state index >= 15 is 0 Å². The largest absolute Gasteiger partial charge is 0.478 e. The quantitative estimate of drug-likeness (QED) is 0.629. The van der Waals surface area contributed by atoms with Gasteiger partial charge in [0.05, 0.1) is 35.7 Å². The molecule has 1 N–H and O–H groups in total. The lowest BCUT2D eigenvalue weighted by molar-refractivity contribution is -0.132. The highest BCUT2D eigenvalue weighted by Gasteiger charge is 2.26. The van der Waals surface area contributed by atoms with Gasteiger partial charge in [-0.25, -0.2) is 4.79 Å². The minimum absolute atomic E-state index is 0.165. The number of carboxylic acid groups (broad SMARTS) is 1. The molecule has 0 saturated carbocycles. The Morgan fingerprint density at radius 2 is 1.69 bits per heavy atom. The molecule has 0 aromatic heterocycles. The van der Waals surface area contributed by atoms with Gasteiger partial charge in [-0.2, -0.15) is 0 Å². The molecule has 1 aliphatic carbocycles. The number of morpholine rings is 1. The summed E-state index contributed by atoms with van der Waals surface area (Å²) < 4.78 is 5.46. The maximum absolute atomic E-state index is 12.1. The number of rotatable bonds is 5. The number of carboxylic acids is 1. The van der Waals surface area contributed by atoms with E-state index in [4.69, 9.17) is 4.74 Å². The first kappa shape index (κ1) is 24.8. The third-order valence-corrected chi connectivity index (χ3v) is 6.00. The molecule has 2 aliphatic rings. The van der Waals surface area contributed by atoms with E-state index in [2.05, 4.69) is 51.3 Å². The van der Waals surface area contributed by atoms with Gasteiger partial charge in [-0.15, -0.1) is 0 Å². The van der Waals surface area contributed by atoms with Crippen LogP contribution >= 0.6 is 0 Å². The van der Waals surface area contributed by atoms with Crippen LogP contribution in [0, 0.1) is 0 Å². The van der Waals surface area contributed by atoms with E-state index in [1.54, 1.807) is 13.1 Å². The normalized spacial score (nSPS) is 19.5. The molecule has 1 saturated heterocycles. The van der Waals surface area contributed by atoms with Gasteiger partial charge in [0.1, 0.15) is 0 Å². The van der Waals surface area contributed by atoms with E-state index in [1.165, 1.54) is 5.56 Å². The molecule has 1 fully saturated rings. The van der Waals surface area contributed by atoms with E-state index in [0.29, 0.717) is 11.4 Å². The van der Waals surface area contributed by atoms with Crippen molar-refractivity contribution in [3.05, 3.63) is 77.4 Å². The Kier molecular flexibility index (Phi) is 7.43. The van der Waals surface area contributed by atoms with E-state index in [9.17, 15) is 9.90 Å². The summed E-state index contributed by atoms with van der Waals surface area (Å²) >= 11 is 0. The summed E-state index contributed by atoms with van der Waals surface area (Å²) in [5.41, 5.74) is 6.07. The predicted octanol–water partition coefficient (Wildman–Crippen LogP) is 4.90. The number of benzene rings is 2. The van der Waals surface area contributed by atoms with Crippen LogP contribution in [-0.4, -0.2) is 66.3 Å². The molecule has 1 heterocycles. The number of hydrogen-bond acceptors (Lipinski definition) is 5. The van der Waals surface area contributed by atoms with Crippen LogP contribution in [-0.2, 0) is 16.1 Å². The SMILES string of the molecule is CN=C1C=C(c2ccc(-c3cccc(CN4CCOCC4)c3)cc2)C=C(C(=O)O)C1=NC(C)(C)C. The summed E-state index contributed by atoms with van der Waals surface area (Å²) in [5, 5.41) is 9.88. The van der Waals surface area contributed by atoms with Crippen molar-refractivity contribution in [2.75, 3.05) is 33.4 Å². The van der Waals surface area contributed by atoms with E-state index in [1.807, 2.05) is 39.0 Å². The van der Waals surface area contributed by atoms with Crippen molar-refractivity contribution >= 4 is 23.0 Å². The van der Waals surface area contributed by atoms with Gasteiger partial charge in [0.2, 0.25) is 0 Å². The highest BCUT2D eigenvalue weighted by atomic mass is 16.5. The van der Waals surface area contributed by atoms with Crippen LogP contribution in [0.1, 0.15) is 31.9 Å². The zero-order valence-electron chi connectivity index (χ0n) is 20.9. The van der Waals surface area contributed by atoms with Crippen LogP contribution in [0.3, 0.4) is 0 Å². The van der Waals surface area contributed by atoms with Crippen molar-refractivity contribution in [2.45, 2.75) is 32.9 Å². The molecule has 4 rings (SSSR count). The Morgan fingerprint density at radius 3 is 2.31 bits per heavy atom. The van der Waals surface area contributed by atoms with Crippen LogP contribution in [0.15, 0.2) is 76.2 Å². The molecule has 35 heavy (non-hydrogen) atoms. The van der Waals surface area contributed by atoms with Gasteiger partial charge in [0, 0.05) is 26.7 Å². The molecule has 0 bridgehead atoms. The Hall–Kier alpha value is -3.35. The summed E-state index contributed by atoms with van der Waals surface area (Å²) in [4.78, 5) is 23.5. The number of carbonyl (C=O) groups is 1. The Balaban J connectivity index is 1.60. The van der Waals surface area contributed by atoms with Crippen LogP contribution in [0.2, 0.25) is 0 Å². The van der Waals surface area contributed by atoms with E-state index in [-0.39, 0.29) is 5.57 Å². The van der Waals surface area contributed by atoms with Crippen LogP contribution in [0.4, 0.5) is 0 Å². The van der Waals surface area contributed by atoms with Gasteiger partial charge in [0.15, 0.2) is 0 Å². The molecule has 0 amide bonds. The standard InChI is InChI=1S/C29H33N3O3/c1-29(2,3)31-27-25(28(33)34)17-24(18-26(27)30-4)22-10-8-21(9-11-22)23-7-5-6-20(16-23)19-32-12-14-35-15-13-32/h5-11,16-18H,12-15,19H2,1-4H3,(H,33,34). The molecule has 0 spiro atoms. The number of aliphatic carboxylic acids is 1. The number of nitrogens with zero attached hydrogens (tertiary/aromatic N) is 3. The first-order valence-corrected chi connectivity index (χ1v) is 12.0. The van der Waals surface area contributed by atoms with Gasteiger partial charge >= 0.3 is 5.97 Å². The first-order chi connectivity index (χ1) is 16.7. The monoisotopic (exact) mass is 471 g/mol. The molecule has 2 aromatic rings. The molecule has 0 unspecified atom stereocenters. The third-order valence-electron chi connectivity index (χ3n) is 6.00. The summed E-state index contributed by atoms with van der Waals surface area (Å²) in [6, 6.07) is 16.9. The maximum Gasteiger partial charge on any atom is 0.337 e. The van der Waals surface area contributed by atoms with E-state index in [0.717, 1.165) is 55.1 Å². The van der Waals surface area contributed by atoms with Crippen molar-refractivity contribution in [3.8, 4) is 11.1 Å². The van der Waals surface area contributed by atoms with Gasteiger partial charge in [-0.3, -0.25) is 14.9 Å². The van der Waals surface area contributed by atoms with Gasteiger partial charge in [-0.1, -0.05) is 42.5 Å². The summed E-state index contributed by atoms with van der Waals surface area (Å²) in [5.74, 6) is -1.01. The average Bonchev–Trinajstić information content (AvgIpc) is 2.84. The van der Waals surface area contributed by atoms with Crippen LogP contribution < -0.4 is 0 Å². The Morgan fingerprint density at radius 1 is 1.00 bits per heavy atom. The fourth-order valence-corrected chi connectivity index (χ4v) is 4.29. The summed E-state index contributed by atoms with van der Waals surface area (Å²) in [7, 11) is 1.67. The molecular weight excluding hydrogens is 438 g/mol. The third kappa shape index (κ3) is 6.21. The summed E-state index contributed by atoms with van der Waals surface area (Å²) in [6.07, 6.45) is 3.61. The van der Waals surface area contributed by atoms with Crippen molar-refractivity contribution in [1.82, 2.24) is 4.90 Å². The summed E-state index contributed by atoms with van der Waals surface area (Å²) in [6.45, 7) is 10.3. The predicted molar refractivity (Wildman–Crippen MR) is 142 cm³/mol. The van der Waals surface area contributed by atoms with Gasteiger partial charge < -0.3 is 9.84 Å². The van der Waals surface area contributed by atoms with Crippen molar-refractivity contribution in [2.24, 2.45) is 9.98 Å². The lowest BCUT2D eigenvalue weighted by atomic mass is 9.90. The number of aliphatic imine (C=N–C) groups is 2. The second-order valence-electron chi connectivity index (χ2n) is 9.87. The maximum atomic E-state index is 12.1. The lowest BCUT2D eigenvalue weighted by Crippen LogP contribution is -2.35. The highest BCUT2D eigenvalue weighted by molar-refractivity contribution is 6.58. The molecule has 0 radical (unpaired) electrons. The van der Waals surface area contributed by atoms with Crippen molar-refractivity contribution < 1.29 is 14.6 Å². The van der Waals surface area contributed by atoms with Crippen molar-refractivity contribution in [3.63, 3.8) is 0 Å². The van der Waals surface area contributed by atoms with Gasteiger partial charge in [0.25, 0.3) is 0 Å². The lowest BCUT2D eigenvalue weighted by Gasteiger charge is -2.26. The van der Waals surface area contributed by atoms with Crippen molar-refractivity contribution in [1.29, 1.82) is 0 Å². The zero-order valence-corrected chi connectivity index (χ0v) is 20.9. The highest BCUT2D eigenvalue weighted by Crippen LogP contribution is 2.28. The molecule has 0 atom stereocenters. The topological polar surface area (TPSA) is 74.5 Å². The Bertz CT molecular complexity index is 1210. The molecule has 2 aromatic carbocycles. The number of allylic oxidation sites excluding steroid dienone is 3. The second kappa shape index (κ2) is 10.5. The minimum atomic E-state index is -1.01. The molecule has 1 aliphatic heterocycles. The molecule has 6 heteroatoms. The zero-order chi connectivity index (χ0) is 25.0. The smallest absolute Gasteiger partial charge is 0.337 e.